The monoisotopic (exact) mass is 470 g/mol. The van der Waals surface area contributed by atoms with Crippen molar-refractivity contribution < 1.29 is 27.4 Å². The largest absolute Gasteiger partial charge is 0.497 e. The van der Waals surface area contributed by atoms with E-state index < -0.39 is 10.0 Å². The fraction of sp³-hybridized carbons (Fsp3) is 0.381. The van der Waals surface area contributed by atoms with E-state index in [4.69, 9.17) is 25.8 Å². The molecule has 0 radical (unpaired) electrons. The third kappa shape index (κ3) is 7.84. The van der Waals surface area contributed by atoms with Crippen molar-refractivity contribution in [2.24, 2.45) is 0 Å². The maximum absolute atomic E-state index is 12.3. The normalized spacial score (nSPS) is 11.0. The van der Waals surface area contributed by atoms with Crippen LogP contribution >= 0.6 is 11.6 Å². The van der Waals surface area contributed by atoms with Crippen LogP contribution in [0, 0.1) is 0 Å². The Morgan fingerprint density at radius 2 is 1.74 bits per heavy atom. The lowest BCUT2D eigenvalue weighted by Crippen LogP contribution is -2.33. The number of hydrogen-bond donors (Lipinski definition) is 1. The SMILES string of the molecule is COc1ccc(OC)c(N(CCCC(=O)NCCOc2ccc(Cl)cc2)S(C)(=O)=O)c1. The van der Waals surface area contributed by atoms with Gasteiger partial charge in [-0.3, -0.25) is 9.10 Å². The van der Waals surface area contributed by atoms with Crippen LogP contribution in [0.15, 0.2) is 42.5 Å². The molecule has 0 spiro atoms. The van der Waals surface area contributed by atoms with Gasteiger partial charge in [0, 0.05) is 24.1 Å². The van der Waals surface area contributed by atoms with Crippen LogP contribution in [-0.4, -0.2) is 54.5 Å². The molecule has 2 rings (SSSR count). The highest BCUT2D eigenvalue weighted by molar-refractivity contribution is 7.92. The van der Waals surface area contributed by atoms with Crippen LogP contribution in [0.3, 0.4) is 0 Å². The molecule has 0 aliphatic carbocycles. The fourth-order valence-electron chi connectivity index (χ4n) is 2.82. The first-order valence-corrected chi connectivity index (χ1v) is 11.8. The number of hydrogen-bond acceptors (Lipinski definition) is 6. The van der Waals surface area contributed by atoms with Gasteiger partial charge in [-0.15, -0.1) is 0 Å². The molecule has 8 nitrogen and oxygen atoms in total. The summed E-state index contributed by atoms with van der Waals surface area (Å²) in [4.78, 5) is 12.1. The van der Waals surface area contributed by atoms with Crippen LogP contribution in [0.4, 0.5) is 5.69 Å². The van der Waals surface area contributed by atoms with Crippen molar-refractivity contribution in [3.8, 4) is 17.2 Å². The molecule has 0 saturated carbocycles. The third-order valence-electron chi connectivity index (χ3n) is 4.33. The molecule has 10 heteroatoms. The second kappa shape index (κ2) is 11.7. The van der Waals surface area contributed by atoms with E-state index in [1.807, 2.05) is 0 Å². The Hall–Kier alpha value is -2.65. The molecule has 2 aromatic carbocycles. The first kappa shape index (κ1) is 24.6. The molecule has 0 aliphatic heterocycles. The van der Waals surface area contributed by atoms with Crippen LogP contribution < -0.4 is 23.8 Å². The second-order valence-electron chi connectivity index (χ2n) is 6.63. The Morgan fingerprint density at radius 3 is 2.35 bits per heavy atom. The lowest BCUT2D eigenvalue weighted by atomic mass is 10.2. The van der Waals surface area contributed by atoms with Gasteiger partial charge in [-0.25, -0.2) is 8.42 Å². The molecule has 0 heterocycles. The van der Waals surface area contributed by atoms with Crippen molar-refractivity contribution in [2.45, 2.75) is 12.8 Å². The lowest BCUT2D eigenvalue weighted by molar-refractivity contribution is -0.121. The van der Waals surface area contributed by atoms with E-state index in [0.717, 1.165) is 6.26 Å². The fourth-order valence-corrected chi connectivity index (χ4v) is 3.91. The summed E-state index contributed by atoms with van der Waals surface area (Å²) in [7, 11) is -0.630. The summed E-state index contributed by atoms with van der Waals surface area (Å²) >= 11 is 5.82. The molecule has 1 N–H and O–H groups in total. The predicted molar refractivity (Wildman–Crippen MR) is 121 cm³/mol. The molecule has 0 aliphatic rings. The van der Waals surface area contributed by atoms with Gasteiger partial charge < -0.3 is 19.5 Å². The molecule has 0 atom stereocenters. The number of rotatable bonds is 12. The van der Waals surface area contributed by atoms with Crippen LogP contribution in [-0.2, 0) is 14.8 Å². The zero-order valence-electron chi connectivity index (χ0n) is 17.8. The molecule has 0 saturated heterocycles. The van der Waals surface area contributed by atoms with Gasteiger partial charge in [0.15, 0.2) is 0 Å². The zero-order chi connectivity index (χ0) is 22.9. The van der Waals surface area contributed by atoms with E-state index in [1.165, 1.54) is 18.5 Å². The van der Waals surface area contributed by atoms with Gasteiger partial charge in [-0.05, 0) is 42.8 Å². The van der Waals surface area contributed by atoms with E-state index in [0.29, 0.717) is 47.5 Å². The first-order valence-electron chi connectivity index (χ1n) is 9.59. The molecular formula is C21H27ClN2O6S. The number of carbonyl (C=O) groups is 1. The third-order valence-corrected chi connectivity index (χ3v) is 5.76. The van der Waals surface area contributed by atoms with Gasteiger partial charge in [0.1, 0.15) is 23.9 Å². The average molecular weight is 471 g/mol. The van der Waals surface area contributed by atoms with E-state index in [9.17, 15) is 13.2 Å². The zero-order valence-corrected chi connectivity index (χ0v) is 19.3. The first-order chi connectivity index (χ1) is 14.7. The van der Waals surface area contributed by atoms with Crippen molar-refractivity contribution >= 4 is 33.2 Å². The number of nitrogens with one attached hydrogen (secondary N) is 1. The van der Waals surface area contributed by atoms with Crippen LogP contribution in [0.2, 0.25) is 5.02 Å². The summed E-state index contributed by atoms with van der Waals surface area (Å²) in [5.74, 6) is 1.37. The van der Waals surface area contributed by atoms with E-state index in [1.54, 1.807) is 42.5 Å². The summed E-state index contributed by atoms with van der Waals surface area (Å²) in [5.41, 5.74) is 0.362. The molecule has 1 amide bonds. The predicted octanol–water partition coefficient (Wildman–Crippen LogP) is 3.10. The van der Waals surface area contributed by atoms with Crippen LogP contribution in [0.25, 0.3) is 0 Å². The van der Waals surface area contributed by atoms with Crippen molar-refractivity contribution in [1.29, 1.82) is 0 Å². The molecule has 0 unspecified atom stereocenters. The Kier molecular flexibility index (Phi) is 9.26. The Balaban J connectivity index is 1.86. The van der Waals surface area contributed by atoms with Crippen LogP contribution in [0.5, 0.6) is 17.2 Å². The van der Waals surface area contributed by atoms with Gasteiger partial charge >= 0.3 is 0 Å². The number of amides is 1. The molecule has 0 aromatic heterocycles. The maximum Gasteiger partial charge on any atom is 0.232 e. The van der Waals surface area contributed by atoms with Gasteiger partial charge in [-0.2, -0.15) is 0 Å². The number of nitrogens with zero attached hydrogens (tertiary/aromatic N) is 1. The van der Waals surface area contributed by atoms with Crippen molar-refractivity contribution in [3.05, 3.63) is 47.5 Å². The summed E-state index contributed by atoms with van der Waals surface area (Å²) in [5, 5.41) is 3.38. The minimum absolute atomic E-state index is 0.122. The quantitative estimate of drug-likeness (QED) is 0.479. The van der Waals surface area contributed by atoms with E-state index >= 15 is 0 Å². The number of methoxy groups -OCH3 is 2. The van der Waals surface area contributed by atoms with E-state index in [2.05, 4.69) is 5.32 Å². The highest BCUT2D eigenvalue weighted by Crippen LogP contribution is 2.33. The van der Waals surface area contributed by atoms with Crippen molar-refractivity contribution in [1.82, 2.24) is 5.32 Å². The summed E-state index contributed by atoms with van der Waals surface area (Å²) in [6.07, 6.45) is 1.61. The number of benzene rings is 2. The maximum atomic E-state index is 12.3. The van der Waals surface area contributed by atoms with Crippen molar-refractivity contribution in [2.75, 3.05) is 44.5 Å². The molecule has 0 fully saturated rings. The Bertz CT molecular complexity index is 966. The summed E-state index contributed by atoms with van der Waals surface area (Å²) in [6, 6.07) is 11.9. The lowest BCUT2D eigenvalue weighted by Gasteiger charge is -2.24. The number of anilines is 1. The van der Waals surface area contributed by atoms with Gasteiger partial charge in [-0.1, -0.05) is 11.6 Å². The smallest absolute Gasteiger partial charge is 0.232 e. The Labute approximate surface area is 188 Å². The number of halogens is 1. The highest BCUT2D eigenvalue weighted by Gasteiger charge is 2.22. The summed E-state index contributed by atoms with van der Waals surface area (Å²) < 4.78 is 41.9. The van der Waals surface area contributed by atoms with Crippen molar-refractivity contribution in [3.63, 3.8) is 0 Å². The standard InChI is InChI=1S/C21H27ClN2O6S/c1-28-18-10-11-20(29-2)19(15-18)24(31(3,26)27)13-4-5-21(25)23-12-14-30-17-8-6-16(22)7-9-17/h6-11,15H,4-5,12-14H2,1-3H3,(H,23,25). The molecule has 0 bridgehead atoms. The minimum Gasteiger partial charge on any atom is -0.497 e. The highest BCUT2D eigenvalue weighted by atomic mass is 35.5. The number of ether oxygens (including phenoxy) is 3. The van der Waals surface area contributed by atoms with Gasteiger partial charge in [0.2, 0.25) is 15.9 Å². The topological polar surface area (TPSA) is 94.2 Å². The number of sulfonamides is 1. The molecule has 170 valence electrons. The minimum atomic E-state index is -3.59. The van der Waals surface area contributed by atoms with Gasteiger partial charge in [0.05, 0.1) is 32.7 Å². The molecular weight excluding hydrogens is 444 g/mol. The molecule has 31 heavy (non-hydrogen) atoms. The summed E-state index contributed by atoms with van der Waals surface area (Å²) in [6.45, 7) is 0.766. The second-order valence-corrected chi connectivity index (χ2v) is 8.97. The molecule has 2 aromatic rings. The van der Waals surface area contributed by atoms with Gasteiger partial charge in [0.25, 0.3) is 0 Å². The average Bonchev–Trinajstić information content (AvgIpc) is 2.74. The van der Waals surface area contributed by atoms with Crippen LogP contribution in [0.1, 0.15) is 12.8 Å². The van der Waals surface area contributed by atoms with E-state index in [-0.39, 0.29) is 18.9 Å². The number of carbonyl (C=O) groups excluding carboxylic acids is 1. The Morgan fingerprint density at radius 1 is 1.06 bits per heavy atom.